The maximum atomic E-state index is 12.5. The predicted molar refractivity (Wildman–Crippen MR) is 136 cm³/mol. The van der Waals surface area contributed by atoms with Crippen LogP contribution in [0.3, 0.4) is 0 Å². The van der Waals surface area contributed by atoms with Crippen molar-refractivity contribution in [3.8, 4) is 17.2 Å². The number of hydrogen-bond acceptors (Lipinski definition) is 6. The van der Waals surface area contributed by atoms with Gasteiger partial charge in [0, 0.05) is 0 Å². The Kier molecular flexibility index (Phi) is 10.9. The molecule has 2 aromatic carbocycles. The van der Waals surface area contributed by atoms with Crippen LogP contribution in [0, 0.1) is 0 Å². The fraction of sp³-hybridized carbons (Fsp3) is 0.552. The summed E-state index contributed by atoms with van der Waals surface area (Å²) >= 11 is 0. The highest BCUT2D eigenvalue weighted by molar-refractivity contribution is 5.91. The predicted octanol–water partition coefficient (Wildman–Crippen LogP) is 6.96. The second kappa shape index (κ2) is 14.1. The molecule has 6 nitrogen and oxygen atoms in total. The average Bonchev–Trinajstić information content (AvgIpc) is 3.21. The lowest BCUT2D eigenvalue weighted by atomic mass is 10.1. The number of benzene rings is 2. The van der Waals surface area contributed by atoms with Crippen molar-refractivity contribution < 1.29 is 28.5 Å². The van der Waals surface area contributed by atoms with E-state index in [1.54, 1.807) is 36.4 Å². The Labute approximate surface area is 209 Å². The van der Waals surface area contributed by atoms with E-state index in [9.17, 15) is 4.79 Å². The van der Waals surface area contributed by atoms with Crippen LogP contribution < -0.4 is 14.2 Å². The smallest absolute Gasteiger partial charge is 0.343 e. The first kappa shape index (κ1) is 27.0. The van der Waals surface area contributed by atoms with E-state index in [-0.39, 0.29) is 6.10 Å². The maximum absolute atomic E-state index is 12.5. The lowest BCUT2D eigenvalue weighted by molar-refractivity contribution is -0.141. The zero-order valence-electron chi connectivity index (χ0n) is 21.4. The summed E-state index contributed by atoms with van der Waals surface area (Å²) in [6, 6.07) is 14.1. The van der Waals surface area contributed by atoms with E-state index in [2.05, 4.69) is 6.92 Å². The van der Waals surface area contributed by atoms with Crippen LogP contribution in [-0.2, 0) is 9.47 Å². The van der Waals surface area contributed by atoms with Crippen LogP contribution >= 0.6 is 0 Å². The normalized spacial score (nSPS) is 16.7. The van der Waals surface area contributed by atoms with Gasteiger partial charge >= 0.3 is 5.97 Å². The largest absolute Gasteiger partial charge is 0.494 e. The van der Waals surface area contributed by atoms with Gasteiger partial charge < -0.3 is 23.7 Å². The van der Waals surface area contributed by atoms with E-state index in [1.165, 1.54) is 44.9 Å². The van der Waals surface area contributed by atoms with Gasteiger partial charge in [-0.15, -0.1) is 0 Å². The Morgan fingerprint density at radius 3 is 2.03 bits per heavy atom. The summed E-state index contributed by atoms with van der Waals surface area (Å²) in [6.45, 7) is 7.61. The van der Waals surface area contributed by atoms with Gasteiger partial charge in [0.05, 0.1) is 18.8 Å². The SMILES string of the molecule is CCCCCCCCCCOc1ccc(C(=O)Oc2ccc(OCC3COC(C)(C)O3)cc2)cc1. The van der Waals surface area contributed by atoms with Crippen molar-refractivity contribution in [1.29, 1.82) is 0 Å². The van der Waals surface area contributed by atoms with Crippen LogP contribution in [0.15, 0.2) is 48.5 Å². The second-order valence-electron chi connectivity index (χ2n) is 9.47. The molecule has 0 N–H and O–H groups in total. The first-order valence-electron chi connectivity index (χ1n) is 12.9. The van der Waals surface area contributed by atoms with Crippen LogP contribution in [0.1, 0.15) is 82.5 Å². The molecule has 1 aliphatic rings. The maximum Gasteiger partial charge on any atom is 0.343 e. The highest BCUT2D eigenvalue weighted by Crippen LogP contribution is 2.24. The van der Waals surface area contributed by atoms with Crippen LogP contribution in [0.2, 0.25) is 0 Å². The summed E-state index contributed by atoms with van der Waals surface area (Å²) in [5.74, 6) is 0.928. The van der Waals surface area contributed by atoms with Crippen molar-refractivity contribution in [1.82, 2.24) is 0 Å². The fourth-order valence-electron chi connectivity index (χ4n) is 3.92. The number of unbranched alkanes of at least 4 members (excludes halogenated alkanes) is 7. The van der Waals surface area contributed by atoms with E-state index in [4.69, 9.17) is 23.7 Å². The number of ether oxygens (including phenoxy) is 5. The molecule has 0 spiro atoms. The molecule has 2 aromatic rings. The zero-order chi connectivity index (χ0) is 24.9. The van der Waals surface area contributed by atoms with Gasteiger partial charge in [-0.05, 0) is 68.8 Å². The molecule has 0 bridgehead atoms. The van der Waals surface area contributed by atoms with Crippen molar-refractivity contribution in [2.24, 2.45) is 0 Å². The number of esters is 1. The molecule has 3 rings (SSSR count). The molecule has 6 heteroatoms. The summed E-state index contributed by atoms with van der Waals surface area (Å²) in [7, 11) is 0. The highest BCUT2D eigenvalue weighted by atomic mass is 16.7. The van der Waals surface area contributed by atoms with Gasteiger partial charge in [-0.3, -0.25) is 0 Å². The molecule has 1 atom stereocenters. The molecule has 1 fully saturated rings. The fourth-order valence-corrected chi connectivity index (χ4v) is 3.92. The molecule has 0 aromatic heterocycles. The molecule has 1 unspecified atom stereocenters. The molecule has 0 saturated carbocycles. The molecule has 0 amide bonds. The quantitative estimate of drug-likeness (QED) is 0.155. The van der Waals surface area contributed by atoms with Gasteiger partial charge in [0.2, 0.25) is 0 Å². The summed E-state index contributed by atoms with van der Waals surface area (Å²) in [4.78, 5) is 12.5. The van der Waals surface area contributed by atoms with Crippen LogP contribution in [0.4, 0.5) is 0 Å². The second-order valence-corrected chi connectivity index (χ2v) is 9.47. The summed E-state index contributed by atoms with van der Waals surface area (Å²) in [5, 5.41) is 0. The molecular weight excluding hydrogens is 444 g/mol. The average molecular weight is 485 g/mol. The highest BCUT2D eigenvalue weighted by Gasteiger charge is 2.32. The minimum absolute atomic E-state index is 0.102. The monoisotopic (exact) mass is 484 g/mol. The number of carbonyl (C=O) groups excluding carboxylic acids is 1. The minimum atomic E-state index is -0.566. The van der Waals surface area contributed by atoms with Gasteiger partial charge in [0.25, 0.3) is 0 Å². The number of hydrogen-bond donors (Lipinski definition) is 0. The van der Waals surface area contributed by atoms with Crippen molar-refractivity contribution in [3.05, 3.63) is 54.1 Å². The van der Waals surface area contributed by atoms with Crippen LogP contribution in [-0.4, -0.2) is 37.7 Å². The molecule has 1 aliphatic heterocycles. The van der Waals surface area contributed by atoms with Crippen molar-refractivity contribution >= 4 is 5.97 Å². The third-order valence-corrected chi connectivity index (χ3v) is 5.89. The molecule has 192 valence electrons. The van der Waals surface area contributed by atoms with Crippen molar-refractivity contribution in [3.63, 3.8) is 0 Å². The Morgan fingerprint density at radius 2 is 1.40 bits per heavy atom. The first-order chi connectivity index (χ1) is 16.9. The number of carbonyl (C=O) groups is 1. The van der Waals surface area contributed by atoms with Gasteiger partial charge in [0.1, 0.15) is 30.0 Å². The third-order valence-electron chi connectivity index (χ3n) is 5.89. The van der Waals surface area contributed by atoms with E-state index >= 15 is 0 Å². The van der Waals surface area contributed by atoms with Crippen LogP contribution in [0.5, 0.6) is 17.2 Å². The molecular formula is C29H40O6. The standard InChI is InChI=1S/C29H40O6/c1-4-5-6-7-8-9-10-11-20-31-24-14-12-23(13-15-24)28(30)34-26-18-16-25(17-19-26)32-21-27-22-33-29(2,3)35-27/h12-19,27H,4-11,20-22H2,1-3H3. The van der Waals surface area contributed by atoms with Gasteiger partial charge in [0.15, 0.2) is 5.79 Å². The number of rotatable bonds is 15. The summed E-state index contributed by atoms with van der Waals surface area (Å²) in [5.41, 5.74) is 0.478. The Hall–Kier alpha value is -2.57. The van der Waals surface area contributed by atoms with E-state index in [0.29, 0.717) is 36.9 Å². The van der Waals surface area contributed by atoms with Crippen molar-refractivity contribution in [2.45, 2.75) is 84.0 Å². The van der Waals surface area contributed by atoms with Crippen LogP contribution in [0.25, 0.3) is 0 Å². The minimum Gasteiger partial charge on any atom is -0.494 e. The Bertz CT molecular complexity index is 875. The van der Waals surface area contributed by atoms with Gasteiger partial charge in [-0.1, -0.05) is 51.9 Å². The molecule has 1 saturated heterocycles. The zero-order valence-corrected chi connectivity index (χ0v) is 21.4. The molecule has 0 radical (unpaired) electrons. The van der Waals surface area contributed by atoms with Crippen molar-refractivity contribution in [2.75, 3.05) is 19.8 Å². The molecule has 0 aliphatic carbocycles. The third kappa shape index (κ3) is 9.90. The molecule has 1 heterocycles. The lowest BCUT2D eigenvalue weighted by Crippen LogP contribution is -2.25. The van der Waals surface area contributed by atoms with E-state index in [0.717, 1.165) is 12.2 Å². The van der Waals surface area contributed by atoms with Gasteiger partial charge in [-0.25, -0.2) is 4.79 Å². The van der Waals surface area contributed by atoms with E-state index in [1.807, 2.05) is 26.0 Å². The lowest BCUT2D eigenvalue weighted by Gasteiger charge is -2.17. The Balaban J connectivity index is 1.33. The molecule has 35 heavy (non-hydrogen) atoms. The summed E-state index contributed by atoms with van der Waals surface area (Å²) in [6.07, 6.45) is 10.1. The summed E-state index contributed by atoms with van der Waals surface area (Å²) < 4.78 is 28.3. The van der Waals surface area contributed by atoms with E-state index < -0.39 is 11.8 Å². The first-order valence-corrected chi connectivity index (χ1v) is 12.9. The van der Waals surface area contributed by atoms with Gasteiger partial charge in [-0.2, -0.15) is 0 Å². The topological polar surface area (TPSA) is 63.2 Å². The Morgan fingerprint density at radius 1 is 0.829 bits per heavy atom.